The molecule has 1 fully saturated rings. The zero-order chi connectivity index (χ0) is 25.6. The van der Waals surface area contributed by atoms with Crippen LogP contribution >= 0.6 is 0 Å². The Morgan fingerprint density at radius 1 is 1.00 bits per heavy atom. The van der Waals surface area contributed by atoms with Crippen LogP contribution in [0.15, 0.2) is 48.9 Å². The predicted molar refractivity (Wildman–Crippen MR) is 146 cm³/mol. The Balaban J connectivity index is 1.37. The maximum Gasteiger partial charge on any atom is 0.229 e. The first-order valence-corrected chi connectivity index (χ1v) is 12.7. The van der Waals surface area contributed by atoms with Crippen molar-refractivity contribution in [1.29, 1.82) is 0 Å². The van der Waals surface area contributed by atoms with E-state index in [2.05, 4.69) is 41.4 Å². The van der Waals surface area contributed by atoms with Gasteiger partial charge in [0.25, 0.3) is 0 Å². The van der Waals surface area contributed by atoms with Crippen molar-refractivity contribution in [2.24, 2.45) is 5.41 Å². The molecule has 0 radical (unpaired) electrons. The number of fused-ring (bicyclic) bond motifs is 2. The van der Waals surface area contributed by atoms with Crippen LogP contribution in [-0.4, -0.2) is 49.1 Å². The fourth-order valence-corrected chi connectivity index (χ4v) is 4.73. The van der Waals surface area contributed by atoms with E-state index in [1.165, 1.54) is 19.3 Å². The van der Waals surface area contributed by atoms with Crippen molar-refractivity contribution in [3.8, 4) is 22.6 Å². The molecule has 1 aliphatic heterocycles. The molecule has 3 N–H and O–H groups in total. The Kier molecular flexibility index (Phi) is 5.62. The first-order valence-electron chi connectivity index (χ1n) is 12.7. The van der Waals surface area contributed by atoms with Crippen molar-refractivity contribution < 1.29 is 4.79 Å². The van der Waals surface area contributed by atoms with Crippen molar-refractivity contribution in [2.75, 3.05) is 23.3 Å². The van der Waals surface area contributed by atoms with Crippen molar-refractivity contribution in [3.63, 3.8) is 0 Å². The van der Waals surface area contributed by atoms with Gasteiger partial charge in [0.2, 0.25) is 5.91 Å². The first-order chi connectivity index (χ1) is 17.9. The molecule has 9 heteroatoms. The van der Waals surface area contributed by atoms with Crippen LogP contribution in [0.5, 0.6) is 0 Å². The van der Waals surface area contributed by atoms with Gasteiger partial charge in [-0.2, -0.15) is 5.10 Å². The molecule has 5 heterocycles. The van der Waals surface area contributed by atoms with Gasteiger partial charge >= 0.3 is 0 Å². The fourth-order valence-electron chi connectivity index (χ4n) is 4.73. The Hall–Kier alpha value is -4.27. The molecule has 1 amide bonds. The van der Waals surface area contributed by atoms with Crippen molar-refractivity contribution in [3.05, 3.63) is 48.9 Å². The van der Waals surface area contributed by atoms with Gasteiger partial charge in [-0.3, -0.25) is 14.9 Å². The van der Waals surface area contributed by atoms with Gasteiger partial charge in [-0.25, -0.2) is 9.97 Å². The van der Waals surface area contributed by atoms with Crippen LogP contribution in [0.4, 0.5) is 11.5 Å². The van der Waals surface area contributed by atoms with Gasteiger partial charge in [0.05, 0.1) is 22.9 Å². The van der Waals surface area contributed by atoms with Crippen molar-refractivity contribution >= 4 is 39.3 Å². The molecule has 0 bridgehead atoms. The summed E-state index contributed by atoms with van der Waals surface area (Å²) in [7, 11) is 0. The van der Waals surface area contributed by atoms with Gasteiger partial charge in [0.1, 0.15) is 11.2 Å². The van der Waals surface area contributed by atoms with Crippen LogP contribution in [0, 0.1) is 5.41 Å². The lowest BCUT2D eigenvalue weighted by Crippen LogP contribution is -2.30. The number of aromatic amines is 2. The number of hydrogen-bond donors (Lipinski definition) is 3. The van der Waals surface area contributed by atoms with E-state index >= 15 is 0 Å². The van der Waals surface area contributed by atoms with Crippen LogP contribution in [-0.2, 0) is 4.79 Å². The summed E-state index contributed by atoms with van der Waals surface area (Å²) in [4.78, 5) is 32.2. The molecule has 5 aromatic rings. The number of imidazole rings is 1. The van der Waals surface area contributed by atoms with E-state index in [1.54, 1.807) is 12.4 Å². The molecule has 0 atom stereocenters. The Morgan fingerprint density at radius 2 is 1.84 bits per heavy atom. The minimum atomic E-state index is -0.490. The van der Waals surface area contributed by atoms with Crippen LogP contribution in [0.1, 0.15) is 40.0 Å². The molecule has 37 heavy (non-hydrogen) atoms. The number of hydrogen-bond acceptors (Lipinski definition) is 6. The lowest BCUT2D eigenvalue weighted by Gasteiger charge is -2.27. The van der Waals surface area contributed by atoms with Crippen LogP contribution in [0.25, 0.3) is 44.6 Å². The molecule has 9 nitrogen and oxygen atoms in total. The fraction of sp³-hybridized carbons (Fsp3) is 0.321. The summed E-state index contributed by atoms with van der Waals surface area (Å²) in [5.41, 5.74) is 5.55. The van der Waals surface area contributed by atoms with Gasteiger partial charge < -0.3 is 15.2 Å². The molecule has 0 aliphatic carbocycles. The van der Waals surface area contributed by atoms with E-state index < -0.39 is 5.41 Å². The number of benzene rings is 1. The summed E-state index contributed by atoms with van der Waals surface area (Å²) >= 11 is 0. The number of carbonyl (C=O) groups excluding carboxylic acids is 1. The molecule has 1 aromatic carbocycles. The zero-order valence-electron chi connectivity index (χ0n) is 21.3. The Morgan fingerprint density at radius 3 is 2.65 bits per heavy atom. The summed E-state index contributed by atoms with van der Waals surface area (Å²) in [5.74, 6) is 1.58. The zero-order valence-corrected chi connectivity index (χ0v) is 21.3. The highest BCUT2D eigenvalue weighted by Crippen LogP contribution is 2.33. The van der Waals surface area contributed by atoms with E-state index in [0.717, 1.165) is 57.7 Å². The van der Waals surface area contributed by atoms with Gasteiger partial charge in [0, 0.05) is 41.8 Å². The van der Waals surface area contributed by atoms with Gasteiger partial charge in [0.15, 0.2) is 11.6 Å². The van der Waals surface area contributed by atoms with Crippen LogP contribution in [0.2, 0.25) is 0 Å². The average molecular weight is 495 g/mol. The predicted octanol–water partition coefficient (Wildman–Crippen LogP) is 5.54. The second-order valence-electron chi connectivity index (χ2n) is 10.7. The summed E-state index contributed by atoms with van der Waals surface area (Å²) < 4.78 is 0. The minimum absolute atomic E-state index is 0.0534. The van der Waals surface area contributed by atoms with Crippen molar-refractivity contribution in [2.45, 2.75) is 40.0 Å². The first kappa shape index (κ1) is 23.1. The van der Waals surface area contributed by atoms with E-state index in [4.69, 9.17) is 4.98 Å². The largest absolute Gasteiger partial charge is 0.355 e. The number of carbonyl (C=O) groups is 1. The average Bonchev–Trinajstić information content (AvgIpc) is 3.52. The highest BCUT2D eigenvalue weighted by molar-refractivity contribution is 5.98. The number of anilines is 2. The normalized spacial score (nSPS) is 14.4. The highest BCUT2D eigenvalue weighted by Gasteiger charge is 2.22. The quantitative estimate of drug-likeness (QED) is 0.302. The molecule has 1 saturated heterocycles. The summed E-state index contributed by atoms with van der Waals surface area (Å²) in [6, 6.07) is 10.0. The molecule has 188 valence electrons. The topological polar surface area (TPSA) is 115 Å². The monoisotopic (exact) mass is 494 g/mol. The van der Waals surface area contributed by atoms with Gasteiger partial charge in [-0.15, -0.1) is 0 Å². The van der Waals surface area contributed by atoms with E-state index in [-0.39, 0.29) is 5.91 Å². The van der Waals surface area contributed by atoms with Crippen LogP contribution < -0.4 is 10.2 Å². The molecule has 0 spiro atoms. The maximum atomic E-state index is 12.5. The maximum absolute atomic E-state index is 12.5. The second-order valence-corrected chi connectivity index (χ2v) is 10.7. The van der Waals surface area contributed by atoms with Gasteiger partial charge in [-0.1, -0.05) is 26.8 Å². The number of H-pyrrole nitrogens is 2. The lowest BCUT2D eigenvalue weighted by molar-refractivity contribution is -0.123. The summed E-state index contributed by atoms with van der Waals surface area (Å²) in [6.45, 7) is 7.67. The standard InChI is InChI=1S/C28H30N8O/c1-28(2,3)27(37)31-19-13-18(15-29-16-19)17-7-8-21-20(14-17)23(35-34-21)25-32-22-9-10-30-26(24(22)33-25)36-11-5-4-6-12-36/h7-10,13-16H,4-6,11-12H2,1-3H3,(H,31,37)(H,32,33)(H,34,35). The highest BCUT2D eigenvalue weighted by atomic mass is 16.2. The number of amides is 1. The second kappa shape index (κ2) is 8.99. The van der Waals surface area contributed by atoms with Gasteiger partial charge in [-0.05, 0) is 49.1 Å². The molecule has 4 aromatic heterocycles. The third-order valence-corrected chi connectivity index (χ3v) is 6.84. The SMILES string of the molecule is CC(C)(C)C(=O)Nc1cncc(-c2ccc3[nH]nc(-c4nc5c(N6CCCCC6)nccc5[nH]4)c3c2)c1. The molecular weight excluding hydrogens is 464 g/mol. The van der Waals surface area contributed by atoms with E-state index in [9.17, 15) is 4.79 Å². The van der Waals surface area contributed by atoms with E-state index in [1.807, 2.05) is 51.2 Å². The number of rotatable bonds is 4. The number of piperidine rings is 1. The van der Waals surface area contributed by atoms with E-state index in [0.29, 0.717) is 11.5 Å². The molecule has 0 saturated carbocycles. The number of pyridine rings is 2. The third kappa shape index (κ3) is 4.41. The smallest absolute Gasteiger partial charge is 0.229 e. The van der Waals surface area contributed by atoms with Crippen LogP contribution in [0.3, 0.4) is 0 Å². The number of nitrogens with zero attached hydrogens (tertiary/aromatic N) is 5. The molecule has 0 unspecified atom stereocenters. The minimum Gasteiger partial charge on any atom is -0.355 e. The Bertz CT molecular complexity index is 1600. The number of nitrogens with one attached hydrogen (secondary N) is 3. The number of aromatic nitrogens is 6. The summed E-state index contributed by atoms with van der Waals surface area (Å²) in [5, 5.41) is 11.6. The molecular formula is C28H30N8O. The Labute approximate surface area is 214 Å². The lowest BCUT2D eigenvalue weighted by atomic mass is 9.95. The molecule has 6 rings (SSSR count). The third-order valence-electron chi connectivity index (χ3n) is 6.84. The van der Waals surface area contributed by atoms with Crippen molar-refractivity contribution in [1.82, 2.24) is 30.1 Å². The summed E-state index contributed by atoms with van der Waals surface area (Å²) in [6.07, 6.45) is 8.92. The molecule has 1 aliphatic rings.